The first-order valence-electron chi connectivity index (χ1n) is 7.87. The maximum absolute atomic E-state index is 13.2. The molecule has 0 saturated heterocycles. The lowest BCUT2D eigenvalue weighted by Gasteiger charge is -2.19. The highest BCUT2D eigenvalue weighted by Gasteiger charge is 2.33. The summed E-state index contributed by atoms with van der Waals surface area (Å²) in [7, 11) is 0. The van der Waals surface area contributed by atoms with Crippen molar-refractivity contribution in [3.05, 3.63) is 71.7 Å². The van der Waals surface area contributed by atoms with Gasteiger partial charge in [-0.2, -0.15) is 0 Å². The Morgan fingerprint density at radius 2 is 1.85 bits per heavy atom. The molecule has 0 fully saturated rings. The van der Waals surface area contributed by atoms with Crippen LogP contribution >= 0.6 is 11.8 Å². The van der Waals surface area contributed by atoms with Crippen LogP contribution in [0.25, 0.3) is 6.08 Å². The quantitative estimate of drug-likeness (QED) is 0.841. The normalized spacial score (nSPS) is 16.7. The Bertz CT molecular complexity index is 895. The van der Waals surface area contributed by atoms with E-state index in [0.717, 1.165) is 17.3 Å². The lowest BCUT2D eigenvalue weighted by Crippen LogP contribution is -2.33. The maximum Gasteiger partial charge on any atom is 0.283 e. The summed E-state index contributed by atoms with van der Waals surface area (Å²) in [6, 6.07) is 14.8. The molecule has 0 radical (unpaired) electrons. The van der Waals surface area contributed by atoms with Crippen molar-refractivity contribution >= 4 is 40.5 Å². The van der Waals surface area contributed by atoms with Gasteiger partial charge < -0.3 is 5.73 Å². The van der Waals surface area contributed by atoms with Crippen molar-refractivity contribution in [3.63, 3.8) is 0 Å². The zero-order valence-electron chi connectivity index (χ0n) is 13.9. The van der Waals surface area contributed by atoms with Gasteiger partial charge in [-0.05, 0) is 42.8 Å². The molecule has 1 atom stereocenters. The Balaban J connectivity index is 2.00. The van der Waals surface area contributed by atoms with Crippen molar-refractivity contribution in [1.82, 2.24) is 0 Å². The van der Waals surface area contributed by atoms with Gasteiger partial charge in [-0.25, -0.2) is 9.38 Å². The van der Waals surface area contributed by atoms with Gasteiger partial charge in [0.15, 0.2) is 5.17 Å². The highest BCUT2D eigenvalue weighted by molar-refractivity contribution is 8.15. The van der Waals surface area contributed by atoms with Crippen molar-refractivity contribution in [3.8, 4) is 0 Å². The monoisotopic (exact) mass is 369 g/mol. The van der Waals surface area contributed by atoms with E-state index < -0.39 is 17.0 Å². The van der Waals surface area contributed by atoms with Gasteiger partial charge in [0.2, 0.25) is 5.91 Å². The van der Waals surface area contributed by atoms with Gasteiger partial charge in [-0.3, -0.25) is 14.5 Å². The molecule has 0 aliphatic carbocycles. The molecule has 26 heavy (non-hydrogen) atoms. The minimum atomic E-state index is -0.569. The smallest absolute Gasteiger partial charge is 0.283 e. The fraction of sp³-hybridized carbons (Fsp3) is 0.105. The second kappa shape index (κ2) is 7.53. The minimum absolute atomic E-state index is 0.236. The predicted molar refractivity (Wildman–Crippen MR) is 102 cm³/mol. The summed E-state index contributed by atoms with van der Waals surface area (Å²) in [5.41, 5.74) is 6.86. The molecular formula is C19H16FN3O2S. The average Bonchev–Trinajstić information content (AvgIpc) is 2.92. The number of thioether (sulfide) groups is 1. The van der Waals surface area contributed by atoms with Crippen molar-refractivity contribution in [2.24, 2.45) is 10.7 Å². The minimum Gasteiger partial charge on any atom is -0.369 e. The molecule has 2 N–H and O–H groups in total. The summed E-state index contributed by atoms with van der Waals surface area (Å²) < 4.78 is 13.2. The Labute approximate surface area is 154 Å². The molecule has 5 nitrogen and oxygen atoms in total. The van der Waals surface area contributed by atoms with Crippen LogP contribution < -0.4 is 10.6 Å². The predicted octanol–water partition coefficient (Wildman–Crippen LogP) is 3.18. The number of nitrogens with two attached hydrogens (primary N) is 1. The van der Waals surface area contributed by atoms with Gasteiger partial charge in [0.25, 0.3) is 5.91 Å². The maximum atomic E-state index is 13.2. The number of primary amides is 1. The topological polar surface area (TPSA) is 75.8 Å². The van der Waals surface area contributed by atoms with E-state index in [9.17, 15) is 14.0 Å². The average molecular weight is 369 g/mol. The second-order valence-electron chi connectivity index (χ2n) is 5.61. The molecule has 0 saturated carbocycles. The van der Waals surface area contributed by atoms with Crippen LogP contribution in [0.1, 0.15) is 12.5 Å². The van der Waals surface area contributed by atoms with Crippen LogP contribution in [0.2, 0.25) is 0 Å². The SMILES string of the molecule is C[C@@H](SC1=N/C(=C\c2ccccc2)C(=O)N1c1ccc(F)cc1)C(N)=O. The van der Waals surface area contributed by atoms with E-state index in [1.165, 1.54) is 29.2 Å². The van der Waals surface area contributed by atoms with Gasteiger partial charge in [-0.1, -0.05) is 42.1 Å². The fourth-order valence-electron chi connectivity index (χ4n) is 2.32. The van der Waals surface area contributed by atoms with Crippen LogP contribution in [0.5, 0.6) is 0 Å². The number of aliphatic imine (C=N–C) groups is 1. The van der Waals surface area contributed by atoms with Crippen molar-refractivity contribution in [2.45, 2.75) is 12.2 Å². The summed E-state index contributed by atoms with van der Waals surface area (Å²) in [5.74, 6) is -1.26. The summed E-state index contributed by atoms with van der Waals surface area (Å²) >= 11 is 1.09. The number of rotatable bonds is 4. The molecule has 0 bridgehead atoms. The molecule has 0 unspecified atom stereocenters. The standard InChI is InChI=1S/C19H16FN3O2S/c1-12(17(21)24)26-19-22-16(11-13-5-3-2-4-6-13)18(25)23(19)15-9-7-14(20)8-10-15/h2-12H,1H3,(H2,21,24)/b16-11-/t12-/m1/s1. The van der Waals surface area contributed by atoms with E-state index in [1.54, 1.807) is 13.0 Å². The van der Waals surface area contributed by atoms with E-state index in [0.29, 0.717) is 10.9 Å². The van der Waals surface area contributed by atoms with Crippen molar-refractivity contribution in [2.75, 3.05) is 4.90 Å². The summed E-state index contributed by atoms with van der Waals surface area (Å²) in [6.45, 7) is 1.64. The number of hydrogen-bond donors (Lipinski definition) is 1. The molecule has 1 aliphatic rings. The fourth-order valence-corrected chi connectivity index (χ4v) is 3.19. The number of halogens is 1. The van der Waals surface area contributed by atoms with E-state index in [2.05, 4.69) is 4.99 Å². The molecule has 3 rings (SSSR count). The number of amidine groups is 1. The zero-order chi connectivity index (χ0) is 18.7. The largest absolute Gasteiger partial charge is 0.369 e. The van der Waals surface area contributed by atoms with Crippen LogP contribution in [0, 0.1) is 5.82 Å². The number of carbonyl (C=O) groups excluding carboxylic acids is 2. The van der Waals surface area contributed by atoms with Crippen molar-refractivity contribution in [1.29, 1.82) is 0 Å². The van der Waals surface area contributed by atoms with Gasteiger partial charge in [-0.15, -0.1) is 0 Å². The second-order valence-corrected chi connectivity index (χ2v) is 6.92. The third kappa shape index (κ3) is 3.83. The van der Waals surface area contributed by atoms with E-state index in [4.69, 9.17) is 5.73 Å². The molecule has 1 aliphatic heterocycles. The molecule has 132 valence electrons. The summed E-state index contributed by atoms with van der Waals surface area (Å²) in [4.78, 5) is 30.0. The number of carbonyl (C=O) groups is 2. The molecular weight excluding hydrogens is 353 g/mol. The van der Waals surface area contributed by atoms with E-state index in [-0.39, 0.29) is 11.6 Å². The summed E-state index contributed by atoms with van der Waals surface area (Å²) in [6.07, 6.45) is 1.67. The number of hydrogen-bond acceptors (Lipinski definition) is 4. The van der Waals surface area contributed by atoms with Gasteiger partial charge in [0.05, 0.1) is 10.9 Å². The first kappa shape index (κ1) is 17.9. The van der Waals surface area contributed by atoms with Crippen LogP contribution in [-0.4, -0.2) is 22.2 Å². The third-order valence-corrected chi connectivity index (χ3v) is 4.77. The number of anilines is 1. The van der Waals surface area contributed by atoms with Crippen LogP contribution in [-0.2, 0) is 9.59 Å². The van der Waals surface area contributed by atoms with Gasteiger partial charge >= 0.3 is 0 Å². The van der Waals surface area contributed by atoms with Crippen molar-refractivity contribution < 1.29 is 14.0 Å². The molecule has 0 aromatic heterocycles. The Morgan fingerprint density at radius 3 is 2.46 bits per heavy atom. The Kier molecular flexibility index (Phi) is 5.18. The Hall–Kier alpha value is -2.93. The highest BCUT2D eigenvalue weighted by Crippen LogP contribution is 2.31. The number of benzene rings is 2. The number of amides is 2. The zero-order valence-corrected chi connectivity index (χ0v) is 14.7. The lowest BCUT2D eigenvalue weighted by molar-refractivity contribution is -0.117. The van der Waals surface area contributed by atoms with Gasteiger partial charge in [0.1, 0.15) is 11.5 Å². The lowest BCUT2D eigenvalue weighted by atomic mass is 10.2. The van der Waals surface area contributed by atoms with Crippen LogP contribution in [0.15, 0.2) is 65.3 Å². The highest BCUT2D eigenvalue weighted by atomic mass is 32.2. The summed E-state index contributed by atoms with van der Waals surface area (Å²) in [5, 5.41) is -0.240. The third-order valence-electron chi connectivity index (χ3n) is 3.70. The molecule has 1 heterocycles. The number of nitrogens with zero attached hydrogens (tertiary/aromatic N) is 2. The molecule has 0 spiro atoms. The van der Waals surface area contributed by atoms with Crippen LogP contribution in [0.4, 0.5) is 10.1 Å². The molecule has 2 amide bonds. The molecule has 2 aromatic carbocycles. The first-order chi connectivity index (χ1) is 12.5. The Morgan fingerprint density at radius 1 is 1.19 bits per heavy atom. The van der Waals surface area contributed by atoms with Crippen LogP contribution in [0.3, 0.4) is 0 Å². The first-order valence-corrected chi connectivity index (χ1v) is 8.75. The molecule has 2 aromatic rings. The van der Waals surface area contributed by atoms with E-state index >= 15 is 0 Å². The van der Waals surface area contributed by atoms with Gasteiger partial charge in [0, 0.05) is 0 Å². The molecule has 7 heteroatoms. The van der Waals surface area contributed by atoms with E-state index in [1.807, 2.05) is 30.3 Å².